The molecule has 2 atom stereocenters. The zero-order valence-electron chi connectivity index (χ0n) is 18.6. The fraction of sp³-hybridized carbons (Fsp3) is 0.458. The maximum absolute atomic E-state index is 14.0. The Morgan fingerprint density at radius 1 is 1.12 bits per heavy atom. The summed E-state index contributed by atoms with van der Waals surface area (Å²) in [6.07, 6.45) is 2.07. The molecule has 1 fully saturated rings. The number of sulfonamides is 1. The summed E-state index contributed by atoms with van der Waals surface area (Å²) in [6, 6.07) is 14.5. The van der Waals surface area contributed by atoms with Gasteiger partial charge in [-0.25, -0.2) is 12.8 Å². The topological polar surface area (TPSA) is 78.5 Å². The van der Waals surface area contributed by atoms with Crippen molar-refractivity contribution < 1.29 is 17.6 Å². The third-order valence-corrected chi connectivity index (χ3v) is 7.25. The van der Waals surface area contributed by atoms with Gasteiger partial charge in [0.25, 0.3) is 0 Å². The Labute approximate surface area is 190 Å². The highest BCUT2D eigenvalue weighted by Gasteiger charge is 2.30. The minimum absolute atomic E-state index is 0.294. The molecule has 174 valence electrons. The number of likely N-dealkylation sites (tertiary alicyclic amines) is 1. The van der Waals surface area contributed by atoms with Crippen LogP contribution in [0, 0.1) is 17.7 Å². The smallest absolute Gasteiger partial charge is 0.244 e. The van der Waals surface area contributed by atoms with Gasteiger partial charge in [-0.05, 0) is 48.9 Å². The van der Waals surface area contributed by atoms with Gasteiger partial charge >= 0.3 is 0 Å². The van der Waals surface area contributed by atoms with E-state index in [9.17, 15) is 17.6 Å². The molecule has 0 bridgehead atoms. The molecule has 2 aromatic carbocycles. The Morgan fingerprint density at radius 2 is 1.81 bits per heavy atom. The molecule has 0 spiro atoms. The van der Waals surface area contributed by atoms with Gasteiger partial charge < -0.3 is 5.32 Å². The second kappa shape index (κ2) is 11.0. The number of benzene rings is 2. The Balaban J connectivity index is 1.57. The Hall–Kier alpha value is -2.29. The number of piperidine rings is 1. The second-order valence-corrected chi connectivity index (χ2v) is 10.4. The first-order valence-electron chi connectivity index (χ1n) is 11.1. The van der Waals surface area contributed by atoms with Gasteiger partial charge in [-0.1, -0.05) is 56.3 Å². The molecule has 0 aromatic heterocycles. The van der Waals surface area contributed by atoms with Crippen molar-refractivity contribution in [2.45, 2.75) is 44.2 Å². The molecule has 1 unspecified atom stereocenters. The molecule has 8 heteroatoms. The van der Waals surface area contributed by atoms with E-state index in [-0.39, 0.29) is 11.8 Å². The summed E-state index contributed by atoms with van der Waals surface area (Å²) >= 11 is 0. The first-order chi connectivity index (χ1) is 15.3. The van der Waals surface area contributed by atoms with Crippen molar-refractivity contribution in [2.75, 3.05) is 19.6 Å². The maximum Gasteiger partial charge on any atom is 0.244 e. The van der Waals surface area contributed by atoms with Gasteiger partial charge in [0.2, 0.25) is 15.9 Å². The zero-order chi connectivity index (χ0) is 23.1. The molecular weight excluding hydrogens is 429 g/mol. The molecule has 1 saturated heterocycles. The standard InChI is InChI=1S/C24H32FN3O3S/c1-18(2)23(27-32(30,31)22-13-7-6-12-21(22)25)24(29)26-15-20-11-8-14-28(17-20)16-19-9-4-3-5-10-19/h3-7,9-10,12-13,18,20,23,27H,8,11,14-17H2,1-2H3,(H,26,29)/t20?,23-/m0/s1. The predicted octanol–water partition coefficient (Wildman–Crippen LogP) is 3.16. The highest BCUT2D eigenvalue weighted by molar-refractivity contribution is 7.89. The van der Waals surface area contributed by atoms with Gasteiger partial charge in [-0.2, -0.15) is 4.72 Å². The minimum Gasteiger partial charge on any atom is -0.354 e. The largest absolute Gasteiger partial charge is 0.354 e. The van der Waals surface area contributed by atoms with Crippen LogP contribution in [0.2, 0.25) is 0 Å². The van der Waals surface area contributed by atoms with Gasteiger partial charge in [-0.3, -0.25) is 9.69 Å². The second-order valence-electron chi connectivity index (χ2n) is 8.75. The molecular formula is C24H32FN3O3S. The van der Waals surface area contributed by atoms with E-state index in [1.807, 2.05) is 18.2 Å². The molecule has 32 heavy (non-hydrogen) atoms. The average molecular weight is 462 g/mol. The Bertz CT molecular complexity index is 999. The van der Waals surface area contributed by atoms with E-state index < -0.39 is 26.8 Å². The lowest BCUT2D eigenvalue weighted by Gasteiger charge is -2.33. The Kier molecular flexibility index (Phi) is 8.39. The molecule has 3 rings (SSSR count). The van der Waals surface area contributed by atoms with Gasteiger partial charge in [0.15, 0.2) is 0 Å². The van der Waals surface area contributed by atoms with Crippen LogP contribution >= 0.6 is 0 Å². The lowest BCUT2D eigenvalue weighted by molar-refractivity contribution is -0.123. The molecule has 1 aliphatic rings. The van der Waals surface area contributed by atoms with E-state index in [0.29, 0.717) is 12.5 Å². The van der Waals surface area contributed by atoms with Crippen molar-refractivity contribution in [2.24, 2.45) is 11.8 Å². The normalized spacial score (nSPS) is 18.4. The summed E-state index contributed by atoms with van der Waals surface area (Å²) in [5.74, 6) is -1.23. The number of hydrogen-bond acceptors (Lipinski definition) is 4. The molecule has 2 aromatic rings. The van der Waals surface area contributed by atoms with E-state index in [4.69, 9.17) is 0 Å². The zero-order valence-corrected chi connectivity index (χ0v) is 19.4. The fourth-order valence-electron chi connectivity index (χ4n) is 4.04. The summed E-state index contributed by atoms with van der Waals surface area (Å²) in [7, 11) is -4.16. The molecule has 2 N–H and O–H groups in total. The molecule has 0 saturated carbocycles. The number of halogens is 1. The van der Waals surface area contributed by atoms with E-state index in [2.05, 4.69) is 27.1 Å². The van der Waals surface area contributed by atoms with Gasteiger partial charge in [0.05, 0.1) is 0 Å². The first-order valence-corrected chi connectivity index (χ1v) is 12.6. The van der Waals surface area contributed by atoms with Crippen LogP contribution in [0.4, 0.5) is 4.39 Å². The van der Waals surface area contributed by atoms with Crippen molar-refractivity contribution in [3.8, 4) is 0 Å². The average Bonchev–Trinajstić information content (AvgIpc) is 2.77. The van der Waals surface area contributed by atoms with Crippen LogP contribution in [0.15, 0.2) is 59.5 Å². The molecule has 1 amide bonds. The van der Waals surface area contributed by atoms with Crippen molar-refractivity contribution in [3.05, 3.63) is 66.0 Å². The number of amides is 1. The summed E-state index contributed by atoms with van der Waals surface area (Å²) in [4.78, 5) is 14.8. The number of nitrogens with one attached hydrogen (secondary N) is 2. The minimum atomic E-state index is -4.16. The van der Waals surface area contributed by atoms with Gasteiger partial charge in [0.1, 0.15) is 16.8 Å². The highest BCUT2D eigenvalue weighted by atomic mass is 32.2. The van der Waals surface area contributed by atoms with Crippen molar-refractivity contribution >= 4 is 15.9 Å². The van der Waals surface area contributed by atoms with Crippen LogP contribution in [0.3, 0.4) is 0 Å². The Morgan fingerprint density at radius 3 is 2.50 bits per heavy atom. The molecule has 0 radical (unpaired) electrons. The highest BCUT2D eigenvalue weighted by Crippen LogP contribution is 2.19. The van der Waals surface area contributed by atoms with Crippen molar-refractivity contribution in [1.29, 1.82) is 0 Å². The fourth-order valence-corrected chi connectivity index (χ4v) is 5.47. The predicted molar refractivity (Wildman–Crippen MR) is 123 cm³/mol. The van der Waals surface area contributed by atoms with Crippen LogP contribution in [0.25, 0.3) is 0 Å². The van der Waals surface area contributed by atoms with E-state index >= 15 is 0 Å². The monoisotopic (exact) mass is 461 g/mol. The number of carbonyl (C=O) groups excluding carboxylic acids is 1. The maximum atomic E-state index is 14.0. The molecule has 1 aliphatic heterocycles. The number of nitrogens with zero attached hydrogens (tertiary/aromatic N) is 1. The number of carbonyl (C=O) groups is 1. The summed E-state index contributed by atoms with van der Waals surface area (Å²) in [5, 5.41) is 2.92. The summed E-state index contributed by atoms with van der Waals surface area (Å²) in [6.45, 7) is 6.78. The summed E-state index contributed by atoms with van der Waals surface area (Å²) < 4.78 is 41.7. The summed E-state index contributed by atoms with van der Waals surface area (Å²) in [5.41, 5.74) is 1.26. The van der Waals surface area contributed by atoms with Crippen LogP contribution in [0.5, 0.6) is 0 Å². The molecule has 6 nitrogen and oxygen atoms in total. The molecule has 0 aliphatic carbocycles. The van der Waals surface area contributed by atoms with Gasteiger partial charge in [0, 0.05) is 19.6 Å². The number of rotatable bonds is 9. The third-order valence-electron chi connectivity index (χ3n) is 5.77. The quantitative estimate of drug-likeness (QED) is 0.601. The first kappa shape index (κ1) is 24.4. The number of hydrogen-bond donors (Lipinski definition) is 2. The lowest BCUT2D eigenvalue weighted by Crippen LogP contribution is -2.51. The SMILES string of the molecule is CC(C)[C@H](NS(=O)(=O)c1ccccc1F)C(=O)NCC1CCCN(Cc2ccccc2)C1. The van der Waals surface area contributed by atoms with E-state index in [1.54, 1.807) is 13.8 Å². The van der Waals surface area contributed by atoms with Gasteiger partial charge in [-0.15, -0.1) is 0 Å². The van der Waals surface area contributed by atoms with Crippen LogP contribution in [-0.4, -0.2) is 44.9 Å². The van der Waals surface area contributed by atoms with E-state index in [1.165, 1.54) is 23.8 Å². The third kappa shape index (κ3) is 6.60. The van der Waals surface area contributed by atoms with Crippen LogP contribution < -0.4 is 10.0 Å². The molecule has 1 heterocycles. The van der Waals surface area contributed by atoms with E-state index in [0.717, 1.165) is 38.5 Å². The van der Waals surface area contributed by atoms with Crippen molar-refractivity contribution in [3.63, 3.8) is 0 Å². The lowest BCUT2D eigenvalue weighted by atomic mass is 9.97. The van der Waals surface area contributed by atoms with Crippen LogP contribution in [0.1, 0.15) is 32.3 Å². The van der Waals surface area contributed by atoms with Crippen LogP contribution in [-0.2, 0) is 21.4 Å². The van der Waals surface area contributed by atoms with Crippen molar-refractivity contribution in [1.82, 2.24) is 14.9 Å².